The Morgan fingerprint density at radius 3 is 2.75 bits per heavy atom. The lowest BCUT2D eigenvalue weighted by Crippen LogP contribution is -2.06. The number of furan rings is 1. The first-order chi connectivity index (χ1) is 7.66. The molecule has 2 rings (SSSR count). The van der Waals surface area contributed by atoms with E-state index in [9.17, 15) is 5.11 Å². The van der Waals surface area contributed by atoms with Crippen LogP contribution in [0.3, 0.4) is 0 Å². The van der Waals surface area contributed by atoms with E-state index in [0.717, 1.165) is 16.8 Å². The number of hydrogen-bond donors (Lipinski definition) is 2. The molecule has 2 aromatic rings. The summed E-state index contributed by atoms with van der Waals surface area (Å²) in [5.41, 5.74) is 3.15. The Morgan fingerprint density at radius 1 is 1.31 bits per heavy atom. The van der Waals surface area contributed by atoms with Crippen LogP contribution in [0.2, 0.25) is 0 Å². The standard InChI is InChI=1S/C13H15NO2/c1-9-7-12(15)3-4-13(9)14-10(2)11-5-6-16-8-11/h3-8,10,14-15H,1-2H3. The van der Waals surface area contributed by atoms with Gasteiger partial charge in [0.25, 0.3) is 0 Å². The molecule has 2 N–H and O–H groups in total. The highest BCUT2D eigenvalue weighted by Gasteiger charge is 2.07. The number of phenolic OH excluding ortho intramolecular Hbond substituents is 1. The largest absolute Gasteiger partial charge is 0.508 e. The minimum absolute atomic E-state index is 0.182. The van der Waals surface area contributed by atoms with Gasteiger partial charge in [-0.3, -0.25) is 0 Å². The Hall–Kier alpha value is -1.90. The topological polar surface area (TPSA) is 45.4 Å². The summed E-state index contributed by atoms with van der Waals surface area (Å²) in [7, 11) is 0. The molecule has 1 aromatic carbocycles. The number of aryl methyl sites for hydroxylation is 1. The molecule has 0 saturated carbocycles. The van der Waals surface area contributed by atoms with Crippen molar-refractivity contribution < 1.29 is 9.52 Å². The van der Waals surface area contributed by atoms with E-state index in [1.165, 1.54) is 0 Å². The number of phenols is 1. The predicted molar refractivity (Wildman–Crippen MR) is 63.6 cm³/mol. The average Bonchev–Trinajstić information content (AvgIpc) is 2.75. The minimum atomic E-state index is 0.182. The van der Waals surface area contributed by atoms with Crippen molar-refractivity contribution in [2.24, 2.45) is 0 Å². The van der Waals surface area contributed by atoms with Gasteiger partial charge in [-0.2, -0.15) is 0 Å². The van der Waals surface area contributed by atoms with Crippen LogP contribution in [0.4, 0.5) is 5.69 Å². The molecule has 0 amide bonds. The Kier molecular flexibility index (Phi) is 2.86. The second-order valence-electron chi connectivity index (χ2n) is 3.92. The summed E-state index contributed by atoms with van der Waals surface area (Å²) >= 11 is 0. The van der Waals surface area contributed by atoms with E-state index < -0.39 is 0 Å². The van der Waals surface area contributed by atoms with E-state index in [1.54, 1.807) is 24.7 Å². The summed E-state index contributed by atoms with van der Waals surface area (Å²) < 4.78 is 5.04. The van der Waals surface area contributed by atoms with Gasteiger partial charge in [0.2, 0.25) is 0 Å². The molecule has 0 aliphatic carbocycles. The molecule has 16 heavy (non-hydrogen) atoms. The van der Waals surface area contributed by atoms with E-state index in [0.29, 0.717) is 5.75 Å². The molecule has 0 saturated heterocycles. The zero-order valence-electron chi connectivity index (χ0n) is 9.40. The maximum absolute atomic E-state index is 9.31. The number of anilines is 1. The zero-order chi connectivity index (χ0) is 11.5. The molecule has 1 heterocycles. The van der Waals surface area contributed by atoms with Gasteiger partial charge in [-0.1, -0.05) is 0 Å². The molecule has 0 aliphatic rings. The second kappa shape index (κ2) is 4.31. The second-order valence-corrected chi connectivity index (χ2v) is 3.92. The molecule has 84 valence electrons. The Labute approximate surface area is 94.7 Å². The minimum Gasteiger partial charge on any atom is -0.508 e. The average molecular weight is 217 g/mol. The van der Waals surface area contributed by atoms with E-state index >= 15 is 0 Å². The van der Waals surface area contributed by atoms with Crippen LogP contribution >= 0.6 is 0 Å². The lowest BCUT2D eigenvalue weighted by atomic mass is 10.1. The van der Waals surface area contributed by atoms with Gasteiger partial charge in [0, 0.05) is 11.3 Å². The highest BCUT2D eigenvalue weighted by molar-refractivity contribution is 5.54. The number of benzene rings is 1. The molecule has 3 heteroatoms. The monoisotopic (exact) mass is 217 g/mol. The molecule has 0 spiro atoms. The van der Waals surface area contributed by atoms with Gasteiger partial charge in [-0.25, -0.2) is 0 Å². The van der Waals surface area contributed by atoms with Gasteiger partial charge < -0.3 is 14.8 Å². The fraction of sp³-hybridized carbons (Fsp3) is 0.231. The molecular formula is C13H15NO2. The van der Waals surface area contributed by atoms with Crippen molar-refractivity contribution in [1.82, 2.24) is 0 Å². The predicted octanol–water partition coefficient (Wildman–Crippen LogP) is 3.47. The molecule has 0 fully saturated rings. The van der Waals surface area contributed by atoms with Gasteiger partial charge in [0.05, 0.1) is 18.6 Å². The van der Waals surface area contributed by atoms with Crippen molar-refractivity contribution in [3.63, 3.8) is 0 Å². The number of aromatic hydroxyl groups is 1. The van der Waals surface area contributed by atoms with Gasteiger partial charge in [-0.05, 0) is 43.7 Å². The van der Waals surface area contributed by atoms with Crippen molar-refractivity contribution >= 4 is 5.69 Å². The van der Waals surface area contributed by atoms with Crippen molar-refractivity contribution in [2.45, 2.75) is 19.9 Å². The van der Waals surface area contributed by atoms with Crippen LogP contribution in [0.5, 0.6) is 5.75 Å². The highest BCUT2D eigenvalue weighted by atomic mass is 16.3. The van der Waals surface area contributed by atoms with Gasteiger partial charge >= 0.3 is 0 Å². The van der Waals surface area contributed by atoms with Crippen LogP contribution in [0.1, 0.15) is 24.1 Å². The highest BCUT2D eigenvalue weighted by Crippen LogP contribution is 2.24. The van der Waals surface area contributed by atoms with E-state index in [2.05, 4.69) is 12.2 Å². The summed E-state index contributed by atoms with van der Waals surface area (Å²) in [5, 5.41) is 12.7. The summed E-state index contributed by atoms with van der Waals surface area (Å²) in [4.78, 5) is 0. The van der Waals surface area contributed by atoms with Crippen LogP contribution in [0.15, 0.2) is 41.2 Å². The summed E-state index contributed by atoms with van der Waals surface area (Å²) in [5.74, 6) is 0.291. The first-order valence-corrected chi connectivity index (χ1v) is 5.25. The third kappa shape index (κ3) is 2.19. The van der Waals surface area contributed by atoms with Crippen LogP contribution in [-0.2, 0) is 0 Å². The van der Waals surface area contributed by atoms with Crippen molar-refractivity contribution in [3.05, 3.63) is 47.9 Å². The third-order valence-corrected chi connectivity index (χ3v) is 2.63. The fourth-order valence-corrected chi connectivity index (χ4v) is 1.65. The van der Waals surface area contributed by atoms with Crippen molar-refractivity contribution in [1.29, 1.82) is 0 Å². The quantitative estimate of drug-likeness (QED) is 0.774. The molecule has 0 radical (unpaired) electrons. The number of hydrogen-bond acceptors (Lipinski definition) is 3. The third-order valence-electron chi connectivity index (χ3n) is 2.63. The van der Waals surface area contributed by atoms with Crippen LogP contribution in [0.25, 0.3) is 0 Å². The lowest BCUT2D eigenvalue weighted by Gasteiger charge is -2.15. The molecule has 1 unspecified atom stereocenters. The van der Waals surface area contributed by atoms with Gasteiger partial charge in [0.15, 0.2) is 0 Å². The first kappa shape index (κ1) is 10.6. The molecule has 0 aliphatic heterocycles. The van der Waals surface area contributed by atoms with Gasteiger partial charge in [0.1, 0.15) is 5.75 Å². The van der Waals surface area contributed by atoms with E-state index in [-0.39, 0.29) is 6.04 Å². The Balaban J connectivity index is 2.15. The molecule has 0 bridgehead atoms. The molecule has 1 aromatic heterocycles. The van der Waals surface area contributed by atoms with Crippen LogP contribution < -0.4 is 5.32 Å². The molecule has 1 atom stereocenters. The number of nitrogens with one attached hydrogen (secondary N) is 1. The van der Waals surface area contributed by atoms with Crippen LogP contribution in [-0.4, -0.2) is 5.11 Å². The first-order valence-electron chi connectivity index (χ1n) is 5.25. The number of rotatable bonds is 3. The van der Waals surface area contributed by atoms with Crippen molar-refractivity contribution in [3.8, 4) is 5.75 Å². The van der Waals surface area contributed by atoms with E-state index in [4.69, 9.17) is 4.42 Å². The normalized spacial score (nSPS) is 12.4. The summed E-state index contributed by atoms with van der Waals surface area (Å²) in [6.07, 6.45) is 3.39. The Bertz CT molecular complexity index is 463. The maximum Gasteiger partial charge on any atom is 0.115 e. The van der Waals surface area contributed by atoms with Crippen LogP contribution in [0, 0.1) is 6.92 Å². The van der Waals surface area contributed by atoms with Gasteiger partial charge in [-0.15, -0.1) is 0 Å². The Morgan fingerprint density at radius 2 is 2.12 bits per heavy atom. The lowest BCUT2D eigenvalue weighted by molar-refractivity contribution is 0.475. The SMILES string of the molecule is Cc1cc(O)ccc1NC(C)c1ccoc1. The zero-order valence-corrected chi connectivity index (χ0v) is 9.40. The summed E-state index contributed by atoms with van der Waals surface area (Å²) in [6.45, 7) is 4.03. The smallest absolute Gasteiger partial charge is 0.115 e. The maximum atomic E-state index is 9.31. The van der Waals surface area contributed by atoms with E-state index in [1.807, 2.05) is 19.1 Å². The van der Waals surface area contributed by atoms with Crippen molar-refractivity contribution in [2.75, 3.05) is 5.32 Å². The molecular weight excluding hydrogens is 202 g/mol. The fourth-order valence-electron chi connectivity index (χ4n) is 1.65. The molecule has 3 nitrogen and oxygen atoms in total. The summed E-state index contributed by atoms with van der Waals surface area (Å²) in [6, 6.07) is 7.42.